The van der Waals surface area contributed by atoms with E-state index in [1.165, 1.54) is 0 Å². The molecule has 0 aromatic carbocycles. The molecule has 0 aliphatic carbocycles. The van der Waals surface area contributed by atoms with Gasteiger partial charge in [0.05, 0.1) is 0 Å². The van der Waals surface area contributed by atoms with Gasteiger partial charge in [0.1, 0.15) is 0 Å². The molecule has 0 saturated carbocycles. The lowest BCUT2D eigenvalue weighted by Crippen LogP contribution is -2.38. The molecule has 0 heterocycles. The fraction of sp³-hybridized carbons (Fsp3) is 0.900. The Balaban J connectivity index is 3.60. The van der Waals surface area contributed by atoms with Gasteiger partial charge in [-0.1, -0.05) is 6.92 Å². The van der Waals surface area contributed by atoms with Crippen molar-refractivity contribution < 1.29 is 9.90 Å². The summed E-state index contributed by atoms with van der Waals surface area (Å²) in [5.41, 5.74) is 5.32. The fourth-order valence-corrected chi connectivity index (χ4v) is 1.06. The van der Waals surface area contributed by atoms with E-state index in [4.69, 9.17) is 10.8 Å². The van der Waals surface area contributed by atoms with Crippen molar-refractivity contribution >= 4 is 5.91 Å². The van der Waals surface area contributed by atoms with Crippen LogP contribution in [0.5, 0.6) is 0 Å². The summed E-state index contributed by atoms with van der Waals surface area (Å²) >= 11 is 0. The smallest absolute Gasteiger partial charge is 0.220 e. The van der Waals surface area contributed by atoms with Gasteiger partial charge in [0, 0.05) is 19.1 Å². The maximum absolute atomic E-state index is 11.3. The Hall–Kier alpha value is -0.610. The highest BCUT2D eigenvalue weighted by molar-refractivity contribution is 5.76. The molecule has 2 atom stereocenters. The SMILES string of the molecule is CC(CO)C(C)NC(=O)CCCCN. The van der Waals surface area contributed by atoms with Crippen molar-refractivity contribution in [3.05, 3.63) is 0 Å². The Morgan fingerprint density at radius 1 is 1.43 bits per heavy atom. The van der Waals surface area contributed by atoms with Crippen LogP contribution in [0.25, 0.3) is 0 Å². The topological polar surface area (TPSA) is 75.3 Å². The lowest BCUT2D eigenvalue weighted by molar-refractivity contribution is -0.122. The van der Waals surface area contributed by atoms with E-state index < -0.39 is 0 Å². The van der Waals surface area contributed by atoms with E-state index >= 15 is 0 Å². The second-order valence-electron chi connectivity index (χ2n) is 3.76. The summed E-state index contributed by atoms with van der Waals surface area (Å²) in [4.78, 5) is 11.3. The second kappa shape index (κ2) is 7.76. The average Bonchev–Trinajstić information content (AvgIpc) is 2.16. The number of hydrogen-bond donors (Lipinski definition) is 3. The van der Waals surface area contributed by atoms with Gasteiger partial charge in [-0.25, -0.2) is 0 Å². The van der Waals surface area contributed by atoms with Gasteiger partial charge in [0.2, 0.25) is 5.91 Å². The molecule has 0 fully saturated rings. The number of carbonyl (C=O) groups is 1. The highest BCUT2D eigenvalue weighted by atomic mass is 16.3. The predicted octanol–water partition coefficient (Wildman–Crippen LogP) is 0.249. The molecule has 0 bridgehead atoms. The van der Waals surface area contributed by atoms with Crippen LogP contribution in [0.3, 0.4) is 0 Å². The van der Waals surface area contributed by atoms with E-state index in [1.807, 2.05) is 13.8 Å². The van der Waals surface area contributed by atoms with Gasteiger partial charge in [-0.05, 0) is 32.2 Å². The molecule has 0 radical (unpaired) electrons. The number of rotatable bonds is 7. The van der Waals surface area contributed by atoms with Gasteiger partial charge in [-0.3, -0.25) is 4.79 Å². The normalized spacial score (nSPS) is 14.9. The van der Waals surface area contributed by atoms with E-state index in [2.05, 4.69) is 5.32 Å². The van der Waals surface area contributed by atoms with Crippen molar-refractivity contribution in [3.8, 4) is 0 Å². The van der Waals surface area contributed by atoms with Crippen molar-refractivity contribution in [1.29, 1.82) is 0 Å². The third-order valence-corrected chi connectivity index (χ3v) is 2.39. The lowest BCUT2D eigenvalue weighted by Gasteiger charge is -2.19. The molecule has 0 rings (SSSR count). The summed E-state index contributed by atoms with van der Waals surface area (Å²) in [5, 5.41) is 11.7. The number of unbranched alkanes of at least 4 members (excludes halogenated alkanes) is 1. The van der Waals surface area contributed by atoms with Crippen molar-refractivity contribution in [1.82, 2.24) is 5.32 Å². The first kappa shape index (κ1) is 13.4. The molecule has 0 aromatic rings. The minimum absolute atomic E-state index is 0.0328. The number of nitrogens with two attached hydrogens (primary N) is 1. The van der Waals surface area contributed by atoms with Crippen LogP contribution in [0.15, 0.2) is 0 Å². The summed E-state index contributed by atoms with van der Waals surface area (Å²) in [6.07, 6.45) is 2.25. The number of amides is 1. The number of aliphatic hydroxyl groups is 1. The van der Waals surface area contributed by atoms with Crippen LogP contribution in [-0.2, 0) is 4.79 Å². The molecule has 4 heteroatoms. The molecule has 4 N–H and O–H groups in total. The van der Waals surface area contributed by atoms with E-state index in [9.17, 15) is 4.79 Å². The quantitative estimate of drug-likeness (QED) is 0.518. The minimum Gasteiger partial charge on any atom is -0.396 e. The Morgan fingerprint density at radius 2 is 2.07 bits per heavy atom. The van der Waals surface area contributed by atoms with Crippen LogP contribution in [0, 0.1) is 5.92 Å². The molecule has 1 amide bonds. The Labute approximate surface area is 85.9 Å². The van der Waals surface area contributed by atoms with Crippen molar-refractivity contribution in [2.24, 2.45) is 11.7 Å². The maximum atomic E-state index is 11.3. The lowest BCUT2D eigenvalue weighted by atomic mass is 10.0. The van der Waals surface area contributed by atoms with Gasteiger partial charge in [-0.15, -0.1) is 0 Å². The number of hydrogen-bond acceptors (Lipinski definition) is 3. The van der Waals surface area contributed by atoms with Crippen molar-refractivity contribution in [2.45, 2.75) is 39.2 Å². The molecule has 0 saturated heterocycles. The molecule has 4 nitrogen and oxygen atoms in total. The van der Waals surface area contributed by atoms with Crippen LogP contribution in [0.1, 0.15) is 33.1 Å². The zero-order chi connectivity index (χ0) is 11.0. The summed E-state index contributed by atoms with van der Waals surface area (Å²) in [5.74, 6) is 0.153. The zero-order valence-corrected chi connectivity index (χ0v) is 9.12. The van der Waals surface area contributed by atoms with E-state index in [-0.39, 0.29) is 24.5 Å². The molecule has 0 aliphatic heterocycles. The molecular formula is C10H22N2O2. The van der Waals surface area contributed by atoms with E-state index in [1.54, 1.807) is 0 Å². The van der Waals surface area contributed by atoms with Crippen LogP contribution in [0.2, 0.25) is 0 Å². The van der Waals surface area contributed by atoms with Gasteiger partial charge >= 0.3 is 0 Å². The number of nitrogens with one attached hydrogen (secondary N) is 1. The monoisotopic (exact) mass is 202 g/mol. The molecule has 84 valence electrons. The molecular weight excluding hydrogens is 180 g/mol. The Kier molecular flexibility index (Phi) is 7.42. The number of carbonyl (C=O) groups excluding carboxylic acids is 1. The summed E-state index contributed by atoms with van der Waals surface area (Å²) < 4.78 is 0. The average molecular weight is 202 g/mol. The second-order valence-corrected chi connectivity index (χ2v) is 3.76. The molecule has 0 spiro atoms. The Morgan fingerprint density at radius 3 is 2.57 bits per heavy atom. The first-order valence-electron chi connectivity index (χ1n) is 5.22. The van der Waals surface area contributed by atoms with E-state index in [0.717, 1.165) is 12.8 Å². The molecule has 14 heavy (non-hydrogen) atoms. The number of aliphatic hydroxyl groups excluding tert-OH is 1. The first-order valence-corrected chi connectivity index (χ1v) is 5.22. The first-order chi connectivity index (χ1) is 6.61. The highest BCUT2D eigenvalue weighted by Gasteiger charge is 2.12. The minimum atomic E-state index is 0.0328. The fourth-order valence-electron chi connectivity index (χ4n) is 1.06. The van der Waals surface area contributed by atoms with Crippen molar-refractivity contribution in [2.75, 3.05) is 13.2 Å². The molecule has 2 unspecified atom stereocenters. The summed E-state index contributed by atoms with van der Waals surface area (Å²) in [7, 11) is 0. The predicted molar refractivity (Wildman–Crippen MR) is 56.8 cm³/mol. The van der Waals surface area contributed by atoms with Crippen LogP contribution in [0.4, 0.5) is 0 Å². The standard InChI is InChI=1S/C10H22N2O2/c1-8(7-13)9(2)12-10(14)5-3-4-6-11/h8-9,13H,3-7,11H2,1-2H3,(H,12,14). The van der Waals surface area contributed by atoms with E-state index in [0.29, 0.717) is 13.0 Å². The largest absolute Gasteiger partial charge is 0.396 e. The Bertz CT molecular complexity index is 162. The van der Waals surface area contributed by atoms with Crippen molar-refractivity contribution in [3.63, 3.8) is 0 Å². The summed E-state index contributed by atoms with van der Waals surface area (Å²) in [6.45, 7) is 4.55. The van der Waals surface area contributed by atoms with Gasteiger partial charge < -0.3 is 16.2 Å². The van der Waals surface area contributed by atoms with Gasteiger partial charge in [0.25, 0.3) is 0 Å². The summed E-state index contributed by atoms with van der Waals surface area (Å²) in [6, 6.07) is 0.0328. The van der Waals surface area contributed by atoms with Crippen LogP contribution in [-0.4, -0.2) is 30.2 Å². The third kappa shape index (κ3) is 5.94. The maximum Gasteiger partial charge on any atom is 0.220 e. The highest BCUT2D eigenvalue weighted by Crippen LogP contribution is 2.02. The molecule has 0 aromatic heterocycles. The van der Waals surface area contributed by atoms with Gasteiger partial charge in [-0.2, -0.15) is 0 Å². The van der Waals surface area contributed by atoms with Crippen LogP contribution >= 0.6 is 0 Å². The third-order valence-electron chi connectivity index (χ3n) is 2.39. The molecule has 0 aliphatic rings. The zero-order valence-electron chi connectivity index (χ0n) is 9.12. The van der Waals surface area contributed by atoms with Gasteiger partial charge in [0.15, 0.2) is 0 Å². The van der Waals surface area contributed by atoms with Crippen LogP contribution < -0.4 is 11.1 Å².